The molecule has 0 spiro atoms. The second kappa shape index (κ2) is 7.46. The molecular formula is C19H23N3O4S. The van der Waals surface area contributed by atoms with E-state index in [0.717, 1.165) is 12.0 Å². The minimum absolute atomic E-state index is 0.0987. The monoisotopic (exact) mass is 389 g/mol. The molecule has 4 rings (SSSR count). The van der Waals surface area contributed by atoms with Gasteiger partial charge in [0, 0.05) is 26.2 Å². The maximum absolute atomic E-state index is 12.9. The van der Waals surface area contributed by atoms with Crippen LogP contribution in [0.1, 0.15) is 18.4 Å². The number of rotatable bonds is 6. The van der Waals surface area contributed by atoms with Gasteiger partial charge in [0.2, 0.25) is 15.9 Å². The van der Waals surface area contributed by atoms with Crippen molar-refractivity contribution in [2.45, 2.75) is 30.4 Å². The van der Waals surface area contributed by atoms with Crippen LogP contribution in [0.15, 0.2) is 47.4 Å². The summed E-state index contributed by atoms with van der Waals surface area (Å²) in [6, 6.07) is 12.8. The molecule has 144 valence electrons. The Balaban J connectivity index is 1.65. The first-order valence-corrected chi connectivity index (χ1v) is 10.6. The van der Waals surface area contributed by atoms with Gasteiger partial charge in [-0.15, -0.1) is 0 Å². The molecule has 2 aliphatic heterocycles. The smallest absolute Gasteiger partial charge is 0.248 e. The molecule has 8 heteroatoms. The fourth-order valence-corrected chi connectivity index (χ4v) is 4.82. The zero-order valence-electron chi connectivity index (χ0n) is 15.0. The van der Waals surface area contributed by atoms with Gasteiger partial charge in [0.1, 0.15) is 17.3 Å². The van der Waals surface area contributed by atoms with E-state index in [9.17, 15) is 13.5 Å². The predicted octanol–water partition coefficient (Wildman–Crippen LogP) is 1.63. The van der Waals surface area contributed by atoms with Crippen LogP contribution in [0.4, 0.5) is 5.82 Å². The number of benzene rings is 1. The molecule has 0 aliphatic carbocycles. The van der Waals surface area contributed by atoms with Crippen molar-refractivity contribution in [1.29, 1.82) is 0 Å². The quantitative estimate of drug-likeness (QED) is 0.809. The largest absolute Gasteiger partial charge is 0.472 e. The molecule has 1 aromatic heterocycles. The Bertz CT molecular complexity index is 900. The van der Waals surface area contributed by atoms with Crippen LogP contribution in [0.2, 0.25) is 0 Å². The average Bonchev–Trinajstić information content (AvgIpc) is 3.05. The second-order valence-electron chi connectivity index (χ2n) is 6.89. The number of hydrogen-bond donors (Lipinski definition) is 1. The first kappa shape index (κ1) is 18.2. The molecule has 1 atom stereocenters. The highest BCUT2D eigenvalue weighted by atomic mass is 32.2. The van der Waals surface area contributed by atoms with Gasteiger partial charge in [0.15, 0.2) is 0 Å². The van der Waals surface area contributed by atoms with Crippen LogP contribution in [0.25, 0.3) is 0 Å². The standard InChI is InChI=1S/C19H23N3O4S/c23-16-9-12-21(13-16)18-8-7-17(27(24,25)22-10-4-11-22)19(20-18)26-14-15-5-2-1-3-6-15/h1-3,5-8,16,23H,4,9-14H2. The van der Waals surface area contributed by atoms with Crippen molar-refractivity contribution in [1.82, 2.24) is 9.29 Å². The summed E-state index contributed by atoms with van der Waals surface area (Å²) in [5.41, 5.74) is 0.939. The van der Waals surface area contributed by atoms with Crippen molar-refractivity contribution in [2.24, 2.45) is 0 Å². The number of aliphatic hydroxyl groups is 1. The highest BCUT2D eigenvalue weighted by molar-refractivity contribution is 7.89. The summed E-state index contributed by atoms with van der Waals surface area (Å²) in [5, 5.41) is 9.78. The molecule has 1 aromatic carbocycles. The van der Waals surface area contributed by atoms with Crippen molar-refractivity contribution < 1.29 is 18.3 Å². The lowest BCUT2D eigenvalue weighted by Crippen LogP contribution is -2.42. The van der Waals surface area contributed by atoms with Gasteiger partial charge < -0.3 is 14.7 Å². The third-order valence-corrected chi connectivity index (χ3v) is 6.86. The van der Waals surface area contributed by atoms with Gasteiger partial charge in [-0.3, -0.25) is 0 Å². The first-order valence-electron chi connectivity index (χ1n) is 9.15. The summed E-state index contributed by atoms with van der Waals surface area (Å²) >= 11 is 0. The van der Waals surface area contributed by atoms with Gasteiger partial charge in [0.05, 0.1) is 6.10 Å². The zero-order valence-corrected chi connectivity index (χ0v) is 15.8. The molecule has 3 heterocycles. The molecule has 1 unspecified atom stereocenters. The number of β-amino-alcohol motifs (C(OH)–C–C–N with tert-alkyl or cyclic N) is 1. The van der Waals surface area contributed by atoms with Crippen LogP contribution in [0, 0.1) is 0 Å². The van der Waals surface area contributed by atoms with E-state index in [1.165, 1.54) is 4.31 Å². The number of aliphatic hydroxyl groups excluding tert-OH is 1. The summed E-state index contributed by atoms with van der Waals surface area (Å²) in [4.78, 5) is 6.54. The summed E-state index contributed by atoms with van der Waals surface area (Å²) in [6.07, 6.45) is 1.16. The molecule has 2 saturated heterocycles. The lowest BCUT2D eigenvalue weighted by Gasteiger charge is -2.30. The Labute approximate surface area is 159 Å². The van der Waals surface area contributed by atoms with E-state index in [1.807, 2.05) is 35.2 Å². The van der Waals surface area contributed by atoms with Gasteiger partial charge in [0.25, 0.3) is 0 Å². The maximum atomic E-state index is 12.9. The minimum Gasteiger partial charge on any atom is -0.472 e. The molecule has 0 saturated carbocycles. The normalized spacial score (nSPS) is 20.5. The van der Waals surface area contributed by atoms with Crippen molar-refractivity contribution in [3.63, 3.8) is 0 Å². The third kappa shape index (κ3) is 3.78. The molecule has 2 fully saturated rings. The molecule has 0 amide bonds. The zero-order chi connectivity index (χ0) is 18.9. The van der Waals surface area contributed by atoms with Gasteiger partial charge in [-0.2, -0.15) is 9.29 Å². The van der Waals surface area contributed by atoms with Crippen LogP contribution in [0.3, 0.4) is 0 Å². The molecule has 27 heavy (non-hydrogen) atoms. The number of sulfonamides is 1. The fraction of sp³-hybridized carbons (Fsp3) is 0.421. The van der Waals surface area contributed by atoms with Crippen molar-refractivity contribution in [3.05, 3.63) is 48.0 Å². The van der Waals surface area contributed by atoms with Crippen LogP contribution in [-0.2, 0) is 16.6 Å². The summed E-state index contributed by atoms with van der Waals surface area (Å²) < 4.78 is 33.1. The van der Waals surface area contributed by atoms with Gasteiger partial charge in [-0.1, -0.05) is 30.3 Å². The lowest BCUT2D eigenvalue weighted by molar-refractivity contribution is 0.198. The number of anilines is 1. The molecule has 2 aromatic rings. The predicted molar refractivity (Wildman–Crippen MR) is 101 cm³/mol. The highest BCUT2D eigenvalue weighted by Gasteiger charge is 2.33. The van der Waals surface area contributed by atoms with Gasteiger partial charge in [-0.25, -0.2) is 8.42 Å². The van der Waals surface area contributed by atoms with Crippen molar-refractivity contribution in [2.75, 3.05) is 31.1 Å². The van der Waals surface area contributed by atoms with E-state index in [0.29, 0.717) is 38.4 Å². The Morgan fingerprint density at radius 1 is 1.11 bits per heavy atom. The topological polar surface area (TPSA) is 83.0 Å². The van der Waals surface area contributed by atoms with E-state index < -0.39 is 10.0 Å². The first-order chi connectivity index (χ1) is 13.0. The second-order valence-corrected chi connectivity index (χ2v) is 8.80. The SMILES string of the molecule is O=S(=O)(c1ccc(N2CCC(O)C2)nc1OCc1ccccc1)N1CCC1. The number of hydrogen-bond acceptors (Lipinski definition) is 6. The van der Waals surface area contributed by atoms with Gasteiger partial charge >= 0.3 is 0 Å². The highest BCUT2D eigenvalue weighted by Crippen LogP contribution is 2.31. The number of pyridine rings is 1. The molecule has 1 N–H and O–H groups in total. The van der Waals surface area contributed by atoms with Crippen molar-refractivity contribution in [3.8, 4) is 5.88 Å². The van der Waals surface area contributed by atoms with E-state index in [2.05, 4.69) is 4.98 Å². The Morgan fingerprint density at radius 3 is 2.52 bits per heavy atom. The van der Waals surface area contributed by atoms with E-state index in [-0.39, 0.29) is 23.5 Å². The van der Waals surface area contributed by atoms with Crippen LogP contribution in [0.5, 0.6) is 5.88 Å². The molecular weight excluding hydrogens is 366 g/mol. The lowest BCUT2D eigenvalue weighted by atomic mass is 10.2. The van der Waals surface area contributed by atoms with Crippen molar-refractivity contribution >= 4 is 15.8 Å². The van der Waals surface area contributed by atoms with E-state index in [4.69, 9.17) is 4.74 Å². The number of nitrogens with zero attached hydrogens (tertiary/aromatic N) is 3. The molecule has 2 aliphatic rings. The van der Waals surface area contributed by atoms with Crippen LogP contribution in [-0.4, -0.2) is 55.1 Å². The van der Waals surface area contributed by atoms with Crippen LogP contribution >= 0.6 is 0 Å². The number of aromatic nitrogens is 1. The molecule has 0 bridgehead atoms. The minimum atomic E-state index is -3.61. The van der Waals surface area contributed by atoms with Gasteiger partial charge in [-0.05, 0) is 30.5 Å². The molecule has 7 nitrogen and oxygen atoms in total. The Morgan fingerprint density at radius 2 is 1.89 bits per heavy atom. The third-order valence-electron chi connectivity index (χ3n) is 4.95. The number of ether oxygens (including phenoxy) is 1. The van der Waals surface area contributed by atoms with Crippen LogP contribution < -0.4 is 9.64 Å². The average molecular weight is 389 g/mol. The van der Waals surface area contributed by atoms with E-state index in [1.54, 1.807) is 12.1 Å². The summed E-state index contributed by atoms with van der Waals surface area (Å²) in [5.74, 6) is 0.738. The molecule has 0 radical (unpaired) electrons. The fourth-order valence-electron chi connectivity index (χ4n) is 3.24. The Hall–Kier alpha value is -2.16. The summed E-state index contributed by atoms with van der Waals surface area (Å²) in [7, 11) is -3.61. The summed E-state index contributed by atoms with van der Waals surface area (Å²) in [6.45, 7) is 2.47. The van der Waals surface area contributed by atoms with E-state index >= 15 is 0 Å². The Kier molecular flexibility index (Phi) is 5.03. The maximum Gasteiger partial charge on any atom is 0.248 e.